The molecular formula is C18H24Cl2N2O4S. The lowest BCUT2D eigenvalue weighted by atomic mass is 9.92. The van der Waals surface area contributed by atoms with E-state index in [4.69, 9.17) is 23.2 Å². The Morgan fingerprint density at radius 2 is 1.85 bits per heavy atom. The number of hydrogen-bond donors (Lipinski definition) is 2. The number of carbonyl (C=O) groups excluding carboxylic acids is 1. The average molecular weight is 435 g/mol. The minimum Gasteiger partial charge on any atom is -0.393 e. The van der Waals surface area contributed by atoms with Crippen LogP contribution in [0.15, 0.2) is 23.1 Å². The predicted molar refractivity (Wildman–Crippen MR) is 104 cm³/mol. The van der Waals surface area contributed by atoms with Gasteiger partial charge in [0.1, 0.15) is 4.90 Å². The summed E-state index contributed by atoms with van der Waals surface area (Å²) in [5.74, 6) is -0.508. The Bertz CT molecular complexity index is 795. The summed E-state index contributed by atoms with van der Waals surface area (Å²) in [5.41, 5.74) is 0. The van der Waals surface area contributed by atoms with Crippen LogP contribution in [0.25, 0.3) is 0 Å². The third kappa shape index (κ3) is 4.95. The molecular weight excluding hydrogens is 411 g/mol. The van der Waals surface area contributed by atoms with Crippen LogP contribution in [0.3, 0.4) is 0 Å². The van der Waals surface area contributed by atoms with Crippen LogP contribution in [-0.4, -0.2) is 49.0 Å². The zero-order valence-corrected chi connectivity index (χ0v) is 17.2. The van der Waals surface area contributed by atoms with E-state index in [0.29, 0.717) is 37.3 Å². The number of sulfonamides is 1. The lowest BCUT2D eigenvalue weighted by molar-refractivity contribution is -0.127. The number of piperidine rings is 1. The lowest BCUT2D eigenvalue weighted by Gasteiger charge is -2.33. The highest BCUT2D eigenvalue weighted by atomic mass is 35.5. The van der Waals surface area contributed by atoms with Gasteiger partial charge in [-0.1, -0.05) is 23.2 Å². The molecule has 1 aliphatic carbocycles. The van der Waals surface area contributed by atoms with Crippen molar-refractivity contribution in [3.63, 3.8) is 0 Å². The second kappa shape index (κ2) is 8.66. The number of halogens is 2. The van der Waals surface area contributed by atoms with Gasteiger partial charge in [0.15, 0.2) is 0 Å². The van der Waals surface area contributed by atoms with Gasteiger partial charge in [0.05, 0.1) is 17.0 Å². The number of carbonyl (C=O) groups is 1. The average Bonchev–Trinajstić information content (AvgIpc) is 2.65. The summed E-state index contributed by atoms with van der Waals surface area (Å²) in [6.45, 7) is 0.483. The third-order valence-electron chi connectivity index (χ3n) is 5.31. The molecule has 1 aliphatic heterocycles. The van der Waals surface area contributed by atoms with Crippen LogP contribution in [0, 0.1) is 5.92 Å². The number of amides is 1. The van der Waals surface area contributed by atoms with E-state index in [2.05, 4.69) is 5.32 Å². The van der Waals surface area contributed by atoms with E-state index in [9.17, 15) is 18.3 Å². The second-order valence-corrected chi connectivity index (χ2v) is 10.0. The fourth-order valence-corrected chi connectivity index (χ4v) is 5.99. The molecule has 9 heteroatoms. The topological polar surface area (TPSA) is 86.7 Å². The zero-order chi connectivity index (χ0) is 19.6. The number of rotatable bonds is 4. The summed E-state index contributed by atoms with van der Waals surface area (Å²) in [6, 6.07) is 4.39. The summed E-state index contributed by atoms with van der Waals surface area (Å²) in [5, 5.41) is 13.0. The van der Waals surface area contributed by atoms with Crippen LogP contribution in [0.1, 0.15) is 38.5 Å². The van der Waals surface area contributed by atoms with Crippen molar-refractivity contribution in [2.45, 2.75) is 55.6 Å². The fraction of sp³-hybridized carbons (Fsp3) is 0.611. The first-order chi connectivity index (χ1) is 12.8. The molecule has 27 heavy (non-hydrogen) atoms. The summed E-state index contributed by atoms with van der Waals surface area (Å²) < 4.78 is 27.3. The first-order valence-corrected chi connectivity index (χ1v) is 11.4. The van der Waals surface area contributed by atoms with Crippen molar-refractivity contribution in [3.05, 3.63) is 28.2 Å². The van der Waals surface area contributed by atoms with Crippen LogP contribution in [-0.2, 0) is 14.8 Å². The molecule has 0 unspecified atom stereocenters. The van der Waals surface area contributed by atoms with Gasteiger partial charge in [-0.15, -0.1) is 0 Å². The standard InChI is InChI=1S/C18H24Cl2N2O4S/c19-13-3-8-16(20)17(10-13)27(25,26)22-9-1-2-12(11-22)18(24)21-14-4-6-15(23)7-5-14/h3,8,10,12,14-15,23H,1-2,4-7,9,11H2,(H,21,24)/t12-,14-,15-/m0/s1. The number of nitrogens with zero attached hydrogens (tertiary/aromatic N) is 1. The highest BCUT2D eigenvalue weighted by molar-refractivity contribution is 7.89. The van der Waals surface area contributed by atoms with E-state index >= 15 is 0 Å². The molecule has 1 aromatic rings. The Kier molecular flexibility index (Phi) is 6.69. The molecule has 1 heterocycles. The molecule has 150 valence electrons. The van der Waals surface area contributed by atoms with Crippen molar-refractivity contribution in [1.82, 2.24) is 9.62 Å². The first kappa shape index (κ1) is 20.9. The van der Waals surface area contributed by atoms with E-state index in [1.165, 1.54) is 22.5 Å². The van der Waals surface area contributed by atoms with E-state index < -0.39 is 15.9 Å². The van der Waals surface area contributed by atoms with Gasteiger partial charge in [-0.25, -0.2) is 8.42 Å². The lowest BCUT2D eigenvalue weighted by Crippen LogP contribution is -2.48. The van der Waals surface area contributed by atoms with Crippen LogP contribution < -0.4 is 5.32 Å². The fourth-order valence-electron chi connectivity index (χ4n) is 3.73. The van der Waals surface area contributed by atoms with Gasteiger partial charge in [-0.3, -0.25) is 4.79 Å². The number of aliphatic hydroxyl groups is 1. The van der Waals surface area contributed by atoms with E-state index in [1.807, 2.05) is 0 Å². The molecule has 0 radical (unpaired) electrons. The second-order valence-electron chi connectivity index (χ2n) is 7.29. The van der Waals surface area contributed by atoms with Crippen molar-refractivity contribution in [3.8, 4) is 0 Å². The van der Waals surface area contributed by atoms with Gasteiger partial charge < -0.3 is 10.4 Å². The molecule has 1 amide bonds. The summed E-state index contributed by atoms with van der Waals surface area (Å²) >= 11 is 12.0. The first-order valence-electron chi connectivity index (χ1n) is 9.21. The summed E-state index contributed by atoms with van der Waals surface area (Å²) in [4.78, 5) is 12.6. The molecule has 3 rings (SSSR count). The van der Waals surface area contributed by atoms with Gasteiger partial charge in [-0.2, -0.15) is 4.31 Å². The van der Waals surface area contributed by atoms with Crippen molar-refractivity contribution < 1.29 is 18.3 Å². The maximum atomic E-state index is 13.0. The van der Waals surface area contributed by atoms with Gasteiger partial charge in [0.2, 0.25) is 15.9 Å². The van der Waals surface area contributed by atoms with Crippen LogP contribution in [0.4, 0.5) is 0 Å². The Labute approximate surface area is 169 Å². The van der Waals surface area contributed by atoms with E-state index in [-0.39, 0.29) is 34.5 Å². The van der Waals surface area contributed by atoms with Crippen LogP contribution in [0.2, 0.25) is 10.0 Å². The van der Waals surface area contributed by atoms with Gasteiger partial charge in [0.25, 0.3) is 0 Å². The maximum Gasteiger partial charge on any atom is 0.244 e. The van der Waals surface area contributed by atoms with Crippen molar-refractivity contribution in [2.24, 2.45) is 5.92 Å². The molecule has 1 atom stereocenters. The largest absolute Gasteiger partial charge is 0.393 e. The molecule has 2 aliphatic rings. The van der Waals surface area contributed by atoms with Gasteiger partial charge in [-0.05, 0) is 56.7 Å². The summed E-state index contributed by atoms with van der Waals surface area (Å²) in [6.07, 6.45) is 3.85. The number of aliphatic hydroxyl groups excluding tert-OH is 1. The molecule has 0 aromatic heterocycles. The minimum absolute atomic E-state index is 0.0287. The third-order valence-corrected chi connectivity index (χ3v) is 7.89. The molecule has 0 bridgehead atoms. The molecule has 0 spiro atoms. The quantitative estimate of drug-likeness (QED) is 0.762. The number of nitrogens with one attached hydrogen (secondary N) is 1. The normalized spacial score (nSPS) is 27.3. The monoisotopic (exact) mass is 434 g/mol. The smallest absolute Gasteiger partial charge is 0.244 e. The highest BCUT2D eigenvalue weighted by Crippen LogP contribution is 2.30. The molecule has 1 saturated heterocycles. The molecule has 6 nitrogen and oxygen atoms in total. The Morgan fingerprint density at radius 3 is 2.56 bits per heavy atom. The highest BCUT2D eigenvalue weighted by Gasteiger charge is 2.35. The maximum absolute atomic E-state index is 13.0. The van der Waals surface area contributed by atoms with Crippen LogP contribution >= 0.6 is 23.2 Å². The Balaban J connectivity index is 1.68. The Hall–Kier alpha value is -0.860. The van der Waals surface area contributed by atoms with Crippen molar-refractivity contribution in [1.29, 1.82) is 0 Å². The minimum atomic E-state index is -3.82. The van der Waals surface area contributed by atoms with E-state index in [1.54, 1.807) is 0 Å². The Morgan fingerprint density at radius 1 is 1.15 bits per heavy atom. The van der Waals surface area contributed by atoms with E-state index in [0.717, 1.165) is 12.8 Å². The molecule has 2 N–H and O–H groups in total. The van der Waals surface area contributed by atoms with Crippen LogP contribution in [0.5, 0.6) is 0 Å². The predicted octanol–water partition coefficient (Wildman–Crippen LogP) is 2.81. The summed E-state index contributed by atoms with van der Waals surface area (Å²) in [7, 11) is -3.82. The van der Waals surface area contributed by atoms with Crippen molar-refractivity contribution >= 4 is 39.1 Å². The van der Waals surface area contributed by atoms with Gasteiger partial charge >= 0.3 is 0 Å². The molecule has 2 fully saturated rings. The van der Waals surface area contributed by atoms with Gasteiger partial charge in [0, 0.05) is 24.2 Å². The zero-order valence-electron chi connectivity index (χ0n) is 14.9. The van der Waals surface area contributed by atoms with Crippen molar-refractivity contribution in [2.75, 3.05) is 13.1 Å². The number of benzene rings is 1. The number of hydrogen-bond acceptors (Lipinski definition) is 4. The molecule has 1 aromatic carbocycles. The molecule has 1 saturated carbocycles. The SMILES string of the molecule is O=C(N[C@H]1CC[C@H](O)CC1)[C@H]1CCCN(S(=O)(=O)c2cc(Cl)ccc2Cl)C1.